The Balaban J connectivity index is 0.00000222. The number of carbonyl (C=O) groups is 4. The van der Waals surface area contributed by atoms with Crippen molar-refractivity contribution < 1.29 is 33.2 Å². The second kappa shape index (κ2) is 14.5. The van der Waals surface area contributed by atoms with Gasteiger partial charge in [-0.25, -0.2) is 9.59 Å². The van der Waals surface area contributed by atoms with Gasteiger partial charge in [0.15, 0.2) is 0 Å². The van der Waals surface area contributed by atoms with E-state index in [1.54, 1.807) is 6.92 Å². The standard InChI is InChI=1S/C23H36N3O7P.C2H6/c1-3-32-21(29)23-13-15(23)10-8-6-4-5-7-9-11-17(24-22(30)33-34)20(28)26-14-16(31-2)12-18(26)19(27)25-23;1-2/h8,10,15-18H,3-7,9,11-14,34H2,1-2H3,(H,24,30)(H,25,27);1-2H3/b10-8-;/t15-,16-,17+,18+,23-;/m1./s1. The van der Waals surface area contributed by atoms with Crippen LogP contribution < -0.4 is 10.6 Å². The van der Waals surface area contributed by atoms with E-state index in [9.17, 15) is 19.2 Å². The van der Waals surface area contributed by atoms with Gasteiger partial charge in [-0.1, -0.05) is 45.3 Å². The first kappa shape index (κ1) is 30.0. The lowest BCUT2D eigenvalue weighted by molar-refractivity contribution is -0.150. The maximum atomic E-state index is 13.5. The third-order valence-electron chi connectivity index (χ3n) is 6.86. The summed E-state index contributed by atoms with van der Waals surface area (Å²) in [4.78, 5) is 53.1. The summed E-state index contributed by atoms with van der Waals surface area (Å²) in [6.07, 6.45) is 8.70. The van der Waals surface area contributed by atoms with Crippen molar-refractivity contribution in [3.8, 4) is 0 Å². The van der Waals surface area contributed by atoms with E-state index in [-0.39, 0.29) is 31.1 Å². The summed E-state index contributed by atoms with van der Waals surface area (Å²) < 4.78 is 15.4. The molecule has 1 aliphatic carbocycles. The molecule has 204 valence electrons. The van der Waals surface area contributed by atoms with Gasteiger partial charge in [0, 0.05) is 26.0 Å². The van der Waals surface area contributed by atoms with Crippen molar-refractivity contribution in [1.82, 2.24) is 15.5 Å². The molecule has 2 N–H and O–H groups in total. The Hall–Kier alpha value is -2.19. The Bertz CT molecular complexity index is 809. The monoisotopic (exact) mass is 527 g/mol. The molecule has 0 aromatic rings. The van der Waals surface area contributed by atoms with Gasteiger partial charge in [-0.05, 0) is 32.6 Å². The third kappa shape index (κ3) is 7.42. The van der Waals surface area contributed by atoms with E-state index in [4.69, 9.17) is 9.47 Å². The van der Waals surface area contributed by atoms with E-state index in [1.165, 1.54) is 12.0 Å². The van der Waals surface area contributed by atoms with Crippen LogP contribution >= 0.6 is 9.47 Å². The highest BCUT2D eigenvalue weighted by atomic mass is 31.0. The number of allylic oxidation sites excluding steroid dienone is 1. The molecule has 3 aliphatic rings. The molecule has 2 fully saturated rings. The van der Waals surface area contributed by atoms with Crippen LogP contribution in [0.15, 0.2) is 12.2 Å². The molecular weight excluding hydrogens is 485 g/mol. The molecule has 0 bridgehead atoms. The van der Waals surface area contributed by atoms with Crippen molar-refractivity contribution in [2.24, 2.45) is 5.92 Å². The summed E-state index contributed by atoms with van der Waals surface area (Å²) in [6, 6.07) is -1.64. The summed E-state index contributed by atoms with van der Waals surface area (Å²) in [5.41, 5.74) is -1.11. The Morgan fingerprint density at radius 1 is 1.22 bits per heavy atom. The quantitative estimate of drug-likeness (QED) is 0.327. The zero-order valence-corrected chi connectivity index (χ0v) is 23.1. The largest absolute Gasteiger partial charge is 0.464 e. The Kier molecular flexibility index (Phi) is 12.1. The fourth-order valence-corrected chi connectivity index (χ4v) is 4.90. The van der Waals surface area contributed by atoms with Crippen LogP contribution in [0.1, 0.15) is 72.1 Å². The third-order valence-corrected chi connectivity index (χ3v) is 7.08. The average molecular weight is 528 g/mol. The second-order valence-corrected chi connectivity index (χ2v) is 9.35. The van der Waals surface area contributed by atoms with Crippen LogP contribution in [-0.4, -0.2) is 72.8 Å². The predicted octanol–water partition coefficient (Wildman–Crippen LogP) is 2.86. The Morgan fingerprint density at radius 3 is 2.61 bits per heavy atom. The van der Waals surface area contributed by atoms with Gasteiger partial charge in [0.1, 0.15) is 17.6 Å². The second-order valence-electron chi connectivity index (χ2n) is 9.11. The van der Waals surface area contributed by atoms with E-state index in [0.717, 1.165) is 32.1 Å². The van der Waals surface area contributed by atoms with Crippen LogP contribution in [0.5, 0.6) is 0 Å². The van der Waals surface area contributed by atoms with E-state index < -0.39 is 35.6 Å². The van der Waals surface area contributed by atoms with Crippen molar-refractivity contribution >= 4 is 33.3 Å². The van der Waals surface area contributed by atoms with E-state index in [2.05, 4.69) is 21.2 Å². The topological polar surface area (TPSA) is 123 Å². The molecule has 1 saturated heterocycles. The first-order valence-corrected chi connectivity index (χ1v) is 13.5. The molecule has 36 heavy (non-hydrogen) atoms. The number of rotatable bonds is 4. The smallest absolute Gasteiger partial charge is 0.409 e. The number of amides is 3. The first-order chi connectivity index (χ1) is 17.4. The molecule has 0 spiro atoms. The van der Waals surface area contributed by atoms with Gasteiger partial charge in [0.25, 0.3) is 0 Å². The number of esters is 1. The van der Waals surface area contributed by atoms with Crippen LogP contribution in [0, 0.1) is 5.92 Å². The normalized spacial score (nSPS) is 31.5. The Morgan fingerprint density at radius 2 is 1.94 bits per heavy atom. The van der Waals surface area contributed by atoms with E-state index in [1.807, 2.05) is 29.4 Å². The number of nitrogens with zero attached hydrogens (tertiary/aromatic N) is 1. The summed E-state index contributed by atoms with van der Waals surface area (Å²) in [7, 11) is 3.40. The maximum Gasteiger partial charge on any atom is 0.409 e. The van der Waals surface area contributed by atoms with Gasteiger partial charge in [-0.3, -0.25) is 9.59 Å². The van der Waals surface area contributed by atoms with Crippen LogP contribution in [0.25, 0.3) is 0 Å². The molecule has 6 atom stereocenters. The molecule has 0 aromatic carbocycles. The number of hydrogen-bond donors (Lipinski definition) is 2. The molecule has 1 saturated carbocycles. The van der Waals surface area contributed by atoms with Crippen molar-refractivity contribution in [2.45, 2.75) is 95.9 Å². The highest BCUT2D eigenvalue weighted by Gasteiger charge is 2.62. The molecular formula is C25H42N3O7P. The molecule has 3 rings (SSSR count). The van der Waals surface area contributed by atoms with Gasteiger partial charge < -0.3 is 29.5 Å². The highest BCUT2D eigenvalue weighted by molar-refractivity contribution is 7.10. The van der Waals surface area contributed by atoms with Gasteiger partial charge in [-0.15, -0.1) is 0 Å². The lowest BCUT2D eigenvalue weighted by Crippen LogP contribution is -2.56. The lowest BCUT2D eigenvalue weighted by Gasteiger charge is -2.29. The summed E-state index contributed by atoms with van der Waals surface area (Å²) in [5, 5.41) is 5.52. The maximum absolute atomic E-state index is 13.5. The summed E-state index contributed by atoms with van der Waals surface area (Å²) >= 11 is 0. The minimum atomic E-state index is -1.11. The van der Waals surface area contributed by atoms with Crippen LogP contribution in [0.3, 0.4) is 0 Å². The number of fused-ring (bicyclic) bond motifs is 2. The molecule has 2 heterocycles. The Labute approximate surface area is 216 Å². The fraction of sp³-hybridized carbons (Fsp3) is 0.760. The number of hydrogen-bond acceptors (Lipinski definition) is 7. The van der Waals surface area contributed by atoms with Crippen molar-refractivity contribution in [3.05, 3.63) is 12.2 Å². The number of ether oxygens (including phenoxy) is 2. The lowest BCUT2D eigenvalue weighted by atomic mass is 10.0. The van der Waals surface area contributed by atoms with Gasteiger partial charge in [-0.2, -0.15) is 0 Å². The number of carbonyl (C=O) groups excluding carboxylic acids is 4. The number of methoxy groups -OCH3 is 1. The van der Waals surface area contributed by atoms with E-state index in [0.29, 0.717) is 19.3 Å². The molecule has 10 nitrogen and oxygen atoms in total. The van der Waals surface area contributed by atoms with Crippen LogP contribution in [0.2, 0.25) is 0 Å². The van der Waals surface area contributed by atoms with Crippen molar-refractivity contribution in [2.75, 3.05) is 20.3 Å². The molecule has 11 heteroatoms. The van der Waals surface area contributed by atoms with Crippen molar-refractivity contribution in [1.29, 1.82) is 0 Å². The summed E-state index contributed by atoms with van der Waals surface area (Å²) in [6.45, 7) is 6.16. The zero-order chi connectivity index (χ0) is 26.7. The van der Waals surface area contributed by atoms with Crippen molar-refractivity contribution in [3.63, 3.8) is 0 Å². The molecule has 0 radical (unpaired) electrons. The average Bonchev–Trinajstić information content (AvgIpc) is 3.40. The van der Waals surface area contributed by atoms with Crippen LogP contribution in [-0.2, 0) is 28.4 Å². The van der Waals surface area contributed by atoms with Gasteiger partial charge in [0.05, 0.1) is 22.2 Å². The highest BCUT2D eigenvalue weighted by Crippen LogP contribution is 2.46. The molecule has 2 aliphatic heterocycles. The van der Waals surface area contributed by atoms with Gasteiger partial charge in [0.2, 0.25) is 11.8 Å². The van der Waals surface area contributed by atoms with Gasteiger partial charge >= 0.3 is 12.1 Å². The number of nitrogens with one attached hydrogen (secondary N) is 2. The molecule has 3 amide bonds. The summed E-state index contributed by atoms with van der Waals surface area (Å²) in [5.74, 6) is -1.38. The minimum absolute atomic E-state index is 0.140. The SMILES string of the molecule is CC.CCOC(=O)[C@@]12C[C@H]1/C=C\CCCCCC[C@H](NC(=O)OP)C(=O)N1C[C@H](OC)C[C@H]1C(=O)N2. The van der Waals surface area contributed by atoms with Crippen LogP contribution in [0.4, 0.5) is 4.79 Å². The zero-order valence-electron chi connectivity index (χ0n) is 21.9. The fourth-order valence-electron chi connectivity index (χ4n) is 4.83. The van der Waals surface area contributed by atoms with E-state index >= 15 is 0 Å². The molecule has 1 unspecified atom stereocenters. The minimum Gasteiger partial charge on any atom is -0.464 e. The first-order valence-electron chi connectivity index (χ1n) is 13.0. The predicted molar refractivity (Wildman–Crippen MR) is 138 cm³/mol. The molecule has 0 aromatic heterocycles.